The lowest BCUT2D eigenvalue weighted by atomic mass is 10.1. The van der Waals surface area contributed by atoms with Gasteiger partial charge in [-0.15, -0.1) is 0 Å². The number of hydrogen-bond donors (Lipinski definition) is 0. The molecule has 2 heterocycles. The highest BCUT2D eigenvalue weighted by Crippen LogP contribution is 2.26. The lowest BCUT2D eigenvalue weighted by Gasteiger charge is -2.29. The number of anilines is 1. The highest BCUT2D eigenvalue weighted by Gasteiger charge is 2.21. The van der Waals surface area contributed by atoms with Gasteiger partial charge in [0.05, 0.1) is 13.2 Å². The Morgan fingerprint density at radius 2 is 1.78 bits per heavy atom. The molecular formula is C22H24N2O3. The van der Waals surface area contributed by atoms with Crippen molar-refractivity contribution in [2.75, 3.05) is 38.3 Å². The van der Waals surface area contributed by atoms with Crippen molar-refractivity contribution in [3.8, 4) is 0 Å². The second kappa shape index (κ2) is 7.45. The Labute approximate surface area is 159 Å². The number of rotatable bonds is 4. The van der Waals surface area contributed by atoms with E-state index in [4.69, 9.17) is 9.15 Å². The van der Waals surface area contributed by atoms with Gasteiger partial charge in [0.1, 0.15) is 5.58 Å². The van der Waals surface area contributed by atoms with Crippen LogP contribution in [0.4, 0.5) is 5.69 Å². The van der Waals surface area contributed by atoms with Crippen LogP contribution in [0.15, 0.2) is 52.9 Å². The zero-order chi connectivity index (χ0) is 18.8. The van der Waals surface area contributed by atoms with Crippen LogP contribution in [0, 0.1) is 6.92 Å². The maximum Gasteiger partial charge on any atom is 0.289 e. The molecule has 0 N–H and O–H groups in total. The number of benzene rings is 2. The summed E-state index contributed by atoms with van der Waals surface area (Å²) >= 11 is 0. The smallest absolute Gasteiger partial charge is 0.289 e. The first kappa shape index (κ1) is 17.6. The van der Waals surface area contributed by atoms with Gasteiger partial charge in [0.2, 0.25) is 0 Å². The second-order valence-electron chi connectivity index (χ2n) is 6.98. The van der Waals surface area contributed by atoms with Gasteiger partial charge in [0.25, 0.3) is 5.91 Å². The molecule has 0 saturated carbocycles. The predicted molar refractivity (Wildman–Crippen MR) is 106 cm³/mol. The van der Waals surface area contributed by atoms with Crippen molar-refractivity contribution in [3.05, 3.63) is 65.4 Å². The fraction of sp³-hybridized carbons (Fsp3) is 0.318. The minimum absolute atomic E-state index is 0.0963. The Morgan fingerprint density at radius 1 is 1.07 bits per heavy atom. The summed E-state index contributed by atoms with van der Waals surface area (Å²) in [6.45, 7) is 5.86. The van der Waals surface area contributed by atoms with Crippen LogP contribution in [-0.4, -0.2) is 44.2 Å². The standard InChI is InChI=1S/C22H24N2O3/c1-16-19-5-3-4-6-20(19)27-21(16)22(25)23(2)15-17-7-9-18(10-8-17)24-11-13-26-14-12-24/h3-10H,11-15H2,1-2H3. The molecule has 4 rings (SSSR count). The first-order valence-corrected chi connectivity index (χ1v) is 9.29. The molecule has 0 radical (unpaired) electrons. The number of carbonyl (C=O) groups excluding carboxylic acids is 1. The quantitative estimate of drug-likeness (QED) is 0.705. The maximum absolute atomic E-state index is 12.9. The molecule has 0 spiro atoms. The summed E-state index contributed by atoms with van der Waals surface area (Å²) in [4.78, 5) is 16.9. The normalized spacial score (nSPS) is 14.5. The SMILES string of the molecule is Cc1c(C(=O)N(C)Cc2ccc(N3CCOCC3)cc2)oc2ccccc12. The van der Waals surface area contributed by atoms with Crippen LogP contribution in [0.3, 0.4) is 0 Å². The number of amides is 1. The molecule has 0 aliphatic carbocycles. The molecule has 27 heavy (non-hydrogen) atoms. The number of para-hydroxylation sites is 1. The Bertz CT molecular complexity index is 940. The molecule has 0 bridgehead atoms. The van der Waals surface area contributed by atoms with Gasteiger partial charge in [-0.1, -0.05) is 30.3 Å². The molecule has 5 nitrogen and oxygen atoms in total. The molecule has 1 aliphatic rings. The zero-order valence-corrected chi connectivity index (χ0v) is 15.8. The first-order chi connectivity index (χ1) is 13.1. The van der Waals surface area contributed by atoms with Gasteiger partial charge >= 0.3 is 0 Å². The van der Waals surface area contributed by atoms with Crippen LogP contribution in [0.5, 0.6) is 0 Å². The number of morpholine rings is 1. The Balaban J connectivity index is 1.47. The van der Waals surface area contributed by atoms with Crippen molar-refractivity contribution >= 4 is 22.6 Å². The molecule has 0 atom stereocenters. The molecule has 140 valence electrons. The Morgan fingerprint density at radius 3 is 2.48 bits per heavy atom. The monoisotopic (exact) mass is 364 g/mol. The van der Waals surface area contributed by atoms with Gasteiger partial charge < -0.3 is 19.0 Å². The van der Waals surface area contributed by atoms with Crippen LogP contribution >= 0.6 is 0 Å². The minimum atomic E-state index is -0.0963. The molecule has 1 amide bonds. The summed E-state index contributed by atoms with van der Waals surface area (Å²) in [6, 6.07) is 16.1. The van der Waals surface area contributed by atoms with Crippen LogP contribution in [0.1, 0.15) is 21.7 Å². The lowest BCUT2D eigenvalue weighted by molar-refractivity contribution is 0.0755. The minimum Gasteiger partial charge on any atom is -0.451 e. The second-order valence-corrected chi connectivity index (χ2v) is 6.98. The average Bonchev–Trinajstić information content (AvgIpc) is 3.05. The molecule has 5 heteroatoms. The molecule has 0 unspecified atom stereocenters. The van der Waals surface area contributed by atoms with Gasteiger partial charge in [-0.05, 0) is 30.7 Å². The van der Waals surface area contributed by atoms with Crippen LogP contribution in [0.2, 0.25) is 0 Å². The number of ether oxygens (including phenoxy) is 1. The highest BCUT2D eigenvalue weighted by molar-refractivity contribution is 5.98. The summed E-state index contributed by atoms with van der Waals surface area (Å²) in [7, 11) is 1.81. The van der Waals surface area contributed by atoms with Crippen molar-refractivity contribution in [1.82, 2.24) is 4.90 Å². The van der Waals surface area contributed by atoms with Crippen LogP contribution in [0.25, 0.3) is 11.0 Å². The van der Waals surface area contributed by atoms with E-state index >= 15 is 0 Å². The third-order valence-electron chi connectivity index (χ3n) is 5.12. The molecule has 1 saturated heterocycles. The number of aryl methyl sites for hydroxylation is 1. The molecule has 2 aromatic carbocycles. The fourth-order valence-electron chi connectivity index (χ4n) is 3.53. The summed E-state index contributed by atoms with van der Waals surface area (Å²) in [5.41, 5.74) is 3.94. The number of fused-ring (bicyclic) bond motifs is 1. The van der Waals surface area contributed by atoms with E-state index in [0.29, 0.717) is 12.3 Å². The van der Waals surface area contributed by atoms with E-state index in [2.05, 4.69) is 29.2 Å². The van der Waals surface area contributed by atoms with E-state index in [9.17, 15) is 4.79 Å². The summed E-state index contributed by atoms with van der Waals surface area (Å²) in [5.74, 6) is 0.324. The molecular weight excluding hydrogens is 340 g/mol. The van der Waals surface area contributed by atoms with Gasteiger partial charge in [0.15, 0.2) is 5.76 Å². The molecule has 3 aromatic rings. The van der Waals surface area contributed by atoms with Crippen molar-refractivity contribution in [2.24, 2.45) is 0 Å². The average molecular weight is 364 g/mol. The summed E-state index contributed by atoms with van der Waals surface area (Å²) < 4.78 is 11.2. The number of hydrogen-bond acceptors (Lipinski definition) is 4. The van der Waals surface area contributed by atoms with Gasteiger partial charge in [-0.25, -0.2) is 0 Å². The fourth-order valence-corrected chi connectivity index (χ4v) is 3.53. The van der Waals surface area contributed by atoms with E-state index in [0.717, 1.165) is 48.4 Å². The van der Waals surface area contributed by atoms with Gasteiger partial charge in [0, 0.05) is 43.3 Å². The van der Waals surface area contributed by atoms with E-state index in [-0.39, 0.29) is 5.91 Å². The lowest BCUT2D eigenvalue weighted by Crippen LogP contribution is -2.36. The highest BCUT2D eigenvalue weighted by atomic mass is 16.5. The maximum atomic E-state index is 12.9. The molecule has 1 aliphatic heterocycles. The van der Waals surface area contributed by atoms with E-state index < -0.39 is 0 Å². The van der Waals surface area contributed by atoms with Crippen molar-refractivity contribution in [3.63, 3.8) is 0 Å². The topological polar surface area (TPSA) is 45.9 Å². The number of nitrogens with zero attached hydrogens (tertiary/aromatic N) is 2. The zero-order valence-electron chi connectivity index (χ0n) is 15.8. The number of furan rings is 1. The summed E-state index contributed by atoms with van der Waals surface area (Å²) in [5, 5.41) is 0.990. The Kier molecular flexibility index (Phi) is 4.86. The van der Waals surface area contributed by atoms with Gasteiger partial charge in [-0.3, -0.25) is 4.79 Å². The van der Waals surface area contributed by atoms with E-state index in [1.54, 1.807) is 4.90 Å². The Hall–Kier alpha value is -2.79. The third kappa shape index (κ3) is 3.55. The first-order valence-electron chi connectivity index (χ1n) is 9.29. The largest absolute Gasteiger partial charge is 0.451 e. The predicted octanol–water partition coefficient (Wildman–Crippen LogP) is 3.85. The summed E-state index contributed by atoms with van der Waals surface area (Å²) in [6.07, 6.45) is 0. The van der Waals surface area contributed by atoms with Crippen molar-refractivity contribution < 1.29 is 13.9 Å². The van der Waals surface area contributed by atoms with Crippen LogP contribution in [-0.2, 0) is 11.3 Å². The molecule has 1 fully saturated rings. The van der Waals surface area contributed by atoms with E-state index in [1.165, 1.54) is 5.69 Å². The molecule has 1 aromatic heterocycles. The number of carbonyl (C=O) groups is 1. The van der Waals surface area contributed by atoms with Crippen LogP contribution < -0.4 is 4.90 Å². The van der Waals surface area contributed by atoms with Crippen molar-refractivity contribution in [2.45, 2.75) is 13.5 Å². The van der Waals surface area contributed by atoms with Gasteiger partial charge in [-0.2, -0.15) is 0 Å². The third-order valence-corrected chi connectivity index (χ3v) is 5.12. The van der Waals surface area contributed by atoms with E-state index in [1.807, 2.05) is 38.2 Å². The van der Waals surface area contributed by atoms with Crippen molar-refractivity contribution in [1.29, 1.82) is 0 Å².